The Morgan fingerprint density at radius 1 is 1.21 bits per heavy atom. The number of thioether (sulfide) groups is 2. The van der Waals surface area contributed by atoms with Crippen LogP contribution in [-0.4, -0.2) is 40.1 Å². The number of ketones is 1. The summed E-state index contributed by atoms with van der Waals surface area (Å²) >= 11 is 3.75. The summed E-state index contributed by atoms with van der Waals surface area (Å²) < 4.78 is 23.3. The zero-order valence-electron chi connectivity index (χ0n) is 17.9. The van der Waals surface area contributed by atoms with Crippen LogP contribution in [0.5, 0.6) is 0 Å². The normalized spacial score (nSPS) is 45.1. The highest BCUT2D eigenvalue weighted by atomic mass is 32.2. The molecular weight excluding hydrogens is 407 g/mol. The van der Waals surface area contributed by atoms with Crippen LogP contribution in [0.25, 0.3) is 0 Å². The third-order valence-electron chi connectivity index (χ3n) is 8.63. The van der Waals surface area contributed by atoms with Gasteiger partial charge in [0.05, 0.1) is 4.08 Å². The van der Waals surface area contributed by atoms with E-state index in [1.807, 2.05) is 30.4 Å². The van der Waals surface area contributed by atoms with Crippen LogP contribution < -0.4 is 0 Å². The predicted molar refractivity (Wildman–Crippen MR) is 118 cm³/mol. The molecule has 3 nitrogen and oxygen atoms in total. The fraction of sp³-hybridized carbons (Fsp3) is 0.739. The first kappa shape index (κ1) is 21.5. The van der Waals surface area contributed by atoms with Crippen molar-refractivity contribution in [3.05, 3.63) is 23.8 Å². The first-order valence-electron chi connectivity index (χ1n) is 10.5. The topological polar surface area (TPSA) is 43.4 Å². The maximum atomic E-state index is 17.5. The van der Waals surface area contributed by atoms with Crippen molar-refractivity contribution in [2.75, 3.05) is 12.5 Å². The van der Waals surface area contributed by atoms with Crippen LogP contribution in [-0.2, 0) is 14.3 Å². The number of ether oxygens (including phenoxy) is 1. The second kappa shape index (κ2) is 6.88. The highest BCUT2D eigenvalue weighted by molar-refractivity contribution is 8.17. The van der Waals surface area contributed by atoms with Crippen LogP contribution >= 0.6 is 23.5 Å². The van der Waals surface area contributed by atoms with Gasteiger partial charge in [-0.05, 0) is 75.0 Å². The Hall–Kier alpha value is -0.750. The van der Waals surface area contributed by atoms with Gasteiger partial charge in [-0.25, -0.2) is 4.39 Å². The average molecular weight is 439 g/mol. The second-order valence-electron chi connectivity index (χ2n) is 9.55. The quantitative estimate of drug-likeness (QED) is 0.439. The Labute approximate surface area is 181 Å². The van der Waals surface area contributed by atoms with Crippen LogP contribution in [0.3, 0.4) is 0 Å². The highest BCUT2D eigenvalue weighted by Gasteiger charge is 2.74. The van der Waals surface area contributed by atoms with E-state index in [1.54, 1.807) is 12.2 Å². The summed E-state index contributed by atoms with van der Waals surface area (Å²) in [5.41, 5.74) is -1.87. The van der Waals surface area contributed by atoms with Gasteiger partial charge in [0, 0.05) is 18.3 Å². The van der Waals surface area contributed by atoms with Gasteiger partial charge in [0.1, 0.15) is 6.10 Å². The molecule has 0 bridgehead atoms. The molecule has 0 heterocycles. The summed E-state index contributed by atoms with van der Waals surface area (Å²) in [6.45, 7) is 5.57. The number of rotatable bonds is 3. The first-order valence-corrected chi connectivity index (χ1v) is 12.9. The molecule has 0 aromatic carbocycles. The van der Waals surface area contributed by atoms with Gasteiger partial charge in [-0.1, -0.05) is 18.6 Å². The largest absolute Gasteiger partial charge is 0.459 e. The maximum absolute atomic E-state index is 17.5. The molecule has 0 aliphatic heterocycles. The van der Waals surface area contributed by atoms with E-state index in [1.165, 1.54) is 13.0 Å². The van der Waals surface area contributed by atoms with Crippen molar-refractivity contribution in [2.45, 2.75) is 68.7 Å². The van der Waals surface area contributed by atoms with Crippen molar-refractivity contribution in [1.82, 2.24) is 0 Å². The number of alkyl halides is 1. The molecule has 4 aliphatic carbocycles. The zero-order chi connectivity index (χ0) is 21.2. The SMILES string of the molecule is CSC1(SC)CC[C@H]2[C@@H]3CCC4=CC(=O)C=C[C@]4(C)[C@@]3(F)[C@@H](OC(C)=O)C[C@@]21C. The van der Waals surface area contributed by atoms with Gasteiger partial charge in [0.2, 0.25) is 0 Å². The Bertz CT molecular complexity index is 804. The van der Waals surface area contributed by atoms with Crippen molar-refractivity contribution in [2.24, 2.45) is 22.7 Å². The fourth-order valence-electron chi connectivity index (χ4n) is 7.20. The Balaban J connectivity index is 1.87. The van der Waals surface area contributed by atoms with Crippen molar-refractivity contribution in [3.63, 3.8) is 0 Å². The molecule has 6 atom stereocenters. The second-order valence-corrected chi connectivity index (χ2v) is 12.0. The third kappa shape index (κ3) is 2.63. The summed E-state index contributed by atoms with van der Waals surface area (Å²) in [4.78, 5) is 24.1. The number of carbonyl (C=O) groups is 2. The lowest BCUT2D eigenvalue weighted by atomic mass is 9.46. The van der Waals surface area contributed by atoms with Crippen LogP contribution in [0.1, 0.15) is 52.9 Å². The lowest BCUT2D eigenvalue weighted by Gasteiger charge is -2.63. The summed E-state index contributed by atoms with van der Waals surface area (Å²) in [5, 5.41) is 0. The molecule has 0 radical (unpaired) electrons. The summed E-state index contributed by atoms with van der Waals surface area (Å²) in [7, 11) is 0. The lowest BCUT2D eigenvalue weighted by molar-refractivity contribution is -0.209. The molecule has 0 unspecified atom stereocenters. The predicted octanol–water partition coefficient (Wildman–Crippen LogP) is 5.35. The molecule has 0 aromatic heterocycles. The van der Waals surface area contributed by atoms with Crippen molar-refractivity contribution in [3.8, 4) is 0 Å². The highest BCUT2D eigenvalue weighted by Crippen LogP contribution is 2.73. The number of allylic oxidation sites excluding steroid dienone is 4. The first-order chi connectivity index (χ1) is 13.6. The summed E-state index contributed by atoms with van der Waals surface area (Å²) in [6.07, 6.45) is 12.4. The molecule has 4 aliphatic rings. The molecule has 3 fully saturated rings. The van der Waals surface area contributed by atoms with Gasteiger partial charge in [0.25, 0.3) is 0 Å². The molecule has 0 spiro atoms. The standard InChI is InChI=1S/C23H31FO3S2/c1-14(25)27-19-13-21(3)17(9-11-22(21,28-4)29-5)18-7-6-15-12-16(26)8-10-20(15,2)23(18,19)24/h8,10,12,17-19H,6-7,9,11,13H2,1-5H3/t17-,18-,19-,20-,21-,23-/m0/s1. The number of fused-ring (bicyclic) bond motifs is 5. The molecule has 29 heavy (non-hydrogen) atoms. The Morgan fingerprint density at radius 3 is 2.52 bits per heavy atom. The van der Waals surface area contributed by atoms with E-state index in [0.717, 1.165) is 24.8 Å². The zero-order valence-corrected chi connectivity index (χ0v) is 19.6. The van der Waals surface area contributed by atoms with Gasteiger partial charge in [-0.15, -0.1) is 23.5 Å². The van der Waals surface area contributed by atoms with Gasteiger partial charge >= 0.3 is 5.97 Å². The number of hydrogen-bond donors (Lipinski definition) is 0. The molecule has 4 rings (SSSR count). The van der Waals surface area contributed by atoms with E-state index in [4.69, 9.17) is 4.74 Å². The monoisotopic (exact) mass is 438 g/mol. The van der Waals surface area contributed by atoms with Crippen molar-refractivity contribution >= 4 is 35.3 Å². The van der Waals surface area contributed by atoms with Gasteiger partial charge < -0.3 is 4.74 Å². The lowest BCUT2D eigenvalue weighted by Crippen LogP contribution is -2.68. The summed E-state index contributed by atoms with van der Waals surface area (Å²) in [5.74, 6) is -0.454. The number of carbonyl (C=O) groups excluding carboxylic acids is 2. The van der Waals surface area contributed by atoms with Crippen molar-refractivity contribution < 1.29 is 18.7 Å². The van der Waals surface area contributed by atoms with E-state index in [-0.39, 0.29) is 27.1 Å². The summed E-state index contributed by atoms with van der Waals surface area (Å²) in [6, 6.07) is 0. The number of halogens is 1. The molecule has 160 valence electrons. The minimum absolute atomic E-state index is 0.00673. The fourth-order valence-corrected chi connectivity index (χ4v) is 9.92. The van der Waals surface area contributed by atoms with E-state index < -0.39 is 23.2 Å². The molecule has 0 aromatic rings. The van der Waals surface area contributed by atoms with Crippen LogP contribution in [0.4, 0.5) is 4.39 Å². The molecular formula is C23H31FO3S2. The van der Waals surface area contributed by atoms with Crippen LogP contribution in [0, 0.1) is 22.7 Å². The van der Waals surface area contributed by atoms with Crippen LogP contribution in [0.2, 0.25) is 0 Å². The van der Waals surface area contributed by atoms with Gasteiger partial charge in [-0.3, -0.25) is 9.59 Å². The van der Waals surface area contributed by atoms with Gasteiger partial charge in [0.15, 0.2) is 11.5 Å². The van der Waals surface area contributed by atoms with Gasteiger partial charge in [-0.2, -0.15) is 0 Å². The number of esters is 1. The van der Waals surface area contributed by atoms with E-state index >= 15 is 4.39 Å². The number of hydrogen-bond acceptors (Lipinski definition) is 5. The third-order valence-corrected chi connectivity index (χ3v) is 12.3. The molecule has 3 saturated carbocycles. The smallest absolute Gasteiger partial charge is 0.303 e. The molecule has 0 saturated heterocycles. The maximum Gasteiger partial charge on any atom is 0.303 e. The minimum Gasteiger partial charge on any atom is -0.459 e. The van der Waals surface area contributed by atoms with Crippen molar-refractivity contribution in [1.29, 1.82) is 0 Å². The molecule has 0 N–H and O–H groups in total. The Kier molecular flexibility index (Phi) is 5.09. The Morgan fingerprint density at radius 2 is 1.90 bits per heavy atom. The average Bonchev–Trinajstić information content (AvgIpc) is 2.95. The van der Waals surface area contributed by atoms with E-state index in [0.29, 0.717) is 12.8 Å². The molecule has 6 heteroatoms. The van der Waals surface area contributed by atoms with E-state index in [2.05, 4.69) is 19.4 Å². The van der Waals surface area contributed by atoms with E-state index in [9.17, 15) is 9.59 Å². The molecule has 0 amide bonds. The minimum atomic E-state index is -1.70. The van der Waals surface area contributed by atoms with Crippen LogP contribution in [0.15, 0.2) is 23.8 Å².